The first kappa shape index (κ1) is 13.7. The molecule has 1 amide bonds. The fourth-order valence-electron chi connectivity index (χ4n) is 2.26. The average Bonchev–Trinajstić information content (AvgIpc) is 2.49. The van der Waals surface area contributed by atoms with Crippen LogP contribution in [0.3, 0.4) is 0 Å². The number of thioether (sulfide) groups is 1. The number of carbonyl (C=O) groups excluding carboxylic acids is 1. The highest BCUT2D eigenvalue weighted by atomic mass is 32.2. The normalized spacial score (nSPS) is 15.9. The molecule has 0 atom stereocenters. The first-order valence-electron chi connectivity index (χ1n) is 6.43. The molecule has 0 bridgehead atoms. The van der Waals surface area contributed by atoms with E-state index in [1.807, 2.05) is 24.3 Å². The van der Waals surface area contributed by atoms with Crippen molar-refractivity contribution < 1.29 is 9.18 Å². The van der Waals surface area contributed by atoms with Gasteiger partial charge in [-0.05, 0) is 29.8 Å². The van der Waals surface area contributed by atoms with Gasteiger partial charge in [-0.3, -0.25) is 4.79 Å². The number of nitrogens with two attached hydrogens (primary N) is 1. The zero-order chi connectivity index (χ0) is 14.8. The second kappa shape index (κ2) is 5.61. The first-order chi connectivity index (χ1) is 10.1. The van der Waals surface area contributed by atoms with Crippen molar-refractivity contribution >= 4 is 28.9 Å². The molecule has 0 spiro atoms. The van der Waals surface area contributed by atoms with E-state index in [0.29, 0.717) is 16.9 Å². The Kier molecular flexibility index (Phi) is 3.66. The summed E-state index contributed by atoms with van der Waals surface area (Å²) in [6, 6.07) is 13.6. The summed E-state index contributed by atoms with van der Waals surface area (Å²) in [6.45, 7) is 0. The number of anilines is 1. The molecule has 0 saturated carbocycles. The van der Waals surface area contributed by atoms with Crippen LogP contribution < -0.4 is 11.1 Å². The minimum absolute atomic E-state index is 0.344. The van der Waals surface area contributed by atoms with Gasteiger partial charge in [-0.15, -0.1) is 11.8 Å². The fraction of sp³-hybridized carbons (Fsp3) is 0.0625. The lowest BCUT2D eigenvalue weighted by molar-refractivity contribution is -0.112. The van der Waals surface area contributed by atoms with Crippen molar-refractivity contribution in [1.29, 1.82) is 0 Å². The van der Waals surface area contributed by atoms with Crippen molar-refractivity contribution in [2.45, 2.75) is 4.90 Å². The highest BCUT2D eigenvalue weighted by Gasteiger charge is 2.20. The molecule has 0 aliphatic carbocycles. The largest absolute Gasteiger partial charge is 0.366 e. The van der Waals surface area contributed by atoms with Gasteiger partial charge in [0, 0.05) is 16.3 Å². The minimum Gasteiger partial charge on any atom is -0.366 e. The molecule has 3 N–H and O–H groups in total. The number of amides is 1. The van der Waals surface area contributed by atoms with Gasteiger partial charge in [0.2, 0.25) is 0 Å². The summed E-state index contributed by atoms with van der Waals surface area (Å²) in [5.74, 6) is -0.250. The van der Waals surface area contributed by atoms with Crippen LogP contribution in [0.15, 0.2) is 59.1 Å². The van der Waals surface area contributed by atoms with E-state index in [9.17, 15) is 9.18 Å². The third-order valence-electron chi connectivity index (χ3n) is 3.23. The van der Waals surface area contributed by atoms with Crippen LogP contribution in [0.1, 0.15) is 5.56 Å². The molecule has 1 aliphatic rings. The van der Waals surface area contributed by atoms with E-state index in [1.165, 1.54) is 12.1 Å². The van der Waals surface area contributed by atoms with Crippen molar-refractivity contribution in [3.8, 4) is 0 Å². The lowest BCUT2D eigenvalue weighted by Crippen LogP contribution is -2.20. The maximum Gasteiger partial charge on any atom is 0.251 e. The van der Waals surface area contributed by atoms with Gasteiger partial charge in [0.1, 0.15) is 5.82 Å². The Hall–Kier alpha value is -2.27. The third-order valence-corrected chi connectivity index (χ3v) is 4.33. The number of rotatable bonds is 2. The standard InChI is InChI=1S/C16H13FN2OS/c17-11-7-5-10(6-8-11)15(16(18)20)13-9-21-14-4-2-1-3-12(14)19-13/h1-8,19H,9H2,(H2,18,20). The third kappa shape index (κ3) is 2.78. The highest BCUT2D eigenvalue weighted by molar-refractivity contribution is 7.99. The van der Waals surface area contributed by atoms with E-state index in [4.69, 9.17) is 5.73 Å². The number of benzene rings is 2. The molecule has 0 saturated heterocycles. The van der Waals surface area contributed by atoms with Crippen LogP contribution in [-0.4, -0.2) is 11.7 Å². The van der Waals surface area contributed by atoms with Crippen molar-refractivity contribution in [1.82, 2.24) is 0 Å². The first-order valence-corrected chi connectivity index (χ1v) is 7.41. The molecule has 2 aromatic carbocycles. The molecule has 3 nitrogen and oxygen atoms in total. The van der Waals surface area contributed by atoms with Crippen LogP contribution in [0.2, 0.25) is 0 Å². The molecule has 106 valence electrons. The molecule has 0 unspecified atom stereocenters. The Bertz CT molecular complexity index is 725. The summed E-state index contributed by atoms with van der Waals surface area (Å²) in [7, 11) is 0. The lowest BCUT2D eigenvalue weighted by atomic mass is 10.0. The van der Waals surface area contributed by atoms with Crippen molar-refractivity contribution in [3.63, 3.8) is 0 Å². The Morgan fingerprint density at radius 3 is 2.57 bits per heavy atom. The summed E-state index contributed by atoms with van der Waals surface area (Å²) in [6.07, 6.45) is 0. The average molecular weight is 300 g/mol. The fourth-order valence-corrected chi connectivity index (χ4v) is 3.23. The molecule has 3 rings (SSSR count). The van der Waals surface area contributed by atoms with Crippen LogP contribution >= 0.6 is 11.8 Å². The van der Waals surface area contributed by atoms with Crippen LogP contribution in [0.4, 0.5) is 10.1 Å². The van der Waals surface area contributed by atoms with Gasteiger partial charge in [-0.25, -0.2) is 4.39 Å². The monoisotopic (exact) mass is 300 g/mol. The van der Waals surface area contributed by atoms with E-state index >= 15 is 0 Å². The number of hydrogen-bond donors (Lipinski definition) is 2. The molecule has 0 radical (unpaired) electrons. The van der Waals surface area contributed by atoms with Crippen LogP contribution in [0.5, 0.6) is 0 Å². The zero-order valence-electron chi connectivity index (χ0n) is 11.1. The maximum absolute atomic E-state index is 13.0. The highest BCUT2D eigenvalue weighted by Crippen LogP contribution is 2.36. The van der Waals surface area contributed by atoms with E-state index in [0.717, 1.165) is 16.3 Å². The molecule has 1 aliphatic heterocycles. The van der Waals surface area contributed by atoms with Crippen molar-refractivity contribution in [3.05, 3.63) is 65.6 Å². The Balaban J connectivity index is 2.05. The smallest absolute Gasteiger partial charge is 0.251 e. The summed E-state index contributed by atoms with van der Waals surface area (Å²) in [5.41, 5.74) is 8.23. The summed E-state index contributed by atoms with van der Waals surface area (Å²) >= 11 is 1.64. The molecule has 1 heterocycles. The second-order valence-corrected chi connectivity index (χ2v) is 5.65. The SMILES string of the molecule is NC(=O)C(=C1CSc2ccccc2N1)c1ccc(F)cc1. The number of halogens is 1. The van der Waals surface area contributed by atoms with E-state index < -0.39 is 5.91 Å². The molecule has 2 aromatic rings. The van der Waals surface area contributed by atoms with E-state index in [1.54, 1.807) is 23.9 Å². The number of nitrogens with one attached hydrogen (secondary N) is 1. The Labute approximate surface area is 126 Å². The number of primary amides is 1. The maximum atomic E-state index is 13.0. The predicted molar refractivity (Wildman–Crippen MR) is 83.3 cm³/mol. The van der Waals surface area contributed by atoms with Crippen molar-refractivity contribution in [2.24, 2.45) is 5.73 Å². The van der Waals surface area contributed by atoms with Gasteiger partial charge in [0.25, 0.3) is 5.91 Å². The van der Waals surface area contributed by atoms with Crippen LogP contribution in [0, 0.1) is 5.82 Å². The molecular formula is C16H13FN2OS. The van der Waals surface area contributed by atoms with Crippen molar-refractivity contribution in [2.75, 3.05) is 11.1 Å². The summed E-state index contributed by atoms with van der Waals surface area (Å²) in [4.78, 5) is 12.9. The van der Waals surface area contributed by atoms with Gasteiger partial charge in [0.05, 0.1) is 11.3 Å². The Morgan fingerprint density at radius 1 is 1.14 bits per heavy atom. The molecule has 0 aromatic heterocycles. The Morgan fingerprint density at radius 2 is 1.86 bits per heavy atom. The number of hydrogen-bond acceptors (Lipinski definition) is 3. The topological polar surface area (TPSA) is 55.1 Å². The lowest BCUT2D eigenvalue weighted by Gasteiger charge is -2.22. The molecule has 5 heteroatoms. The van der Waals surface area contributed by atoms with Crippen LogP contribution in [0.25, 0.3) is 5.57 Å². The van der Waals surface area contributed by atoms with Gasteiger partial charge >= 0.3 is 0 Å². The van der Waals surface area contributed by atoms with E-state index in [2.05, 4.69) is 5.32 Å². The van der Waals surface area contributed by atoms with Gasteiger partial charge in [0.15, 0.2) is 0 Å². The second-order valence-electron chi connectivity index (χ2n) is 4.63. The number of fused-ring (bicyclic) bond motifs is 1. The summed E-state index contributed by atoms with van der Waals surface area (Å²) < 4.78 is 13.0. The molecular weight excluding hydrogens is 287 g/mol. The van der Waals surface area contributed by atoms with Gasteiger partial charge < -0.3 is 11.1 Å². The van der Waals surface area contributed by atoms with E-state index in [-0.39, 0.29) is 5.82 Å². The molecule has 0 fully saturated rings. The minimum atomic E-state index is -0.524. The van der Waals surface area contributed by atoms with Gasteiger partial charge in [-0.2, -0.15) is 0 Å². The zero-order valence-corrected chi connectivity index (χ0v) is 11.9. The number of para-hydroxylation sites is 1. The summed E-state index contributed by atoms with van der Waals surface area (Å²) in [5, 5.41) is 3.26. The predicted octanol–water partition coefficient (Wildman–Crippen LogP) is 3.24. The van der Waals surface area contributed by atoms with Crippen LogP contribution in [-0.2, 0) is 4.79 Å². The van der Waals surface area contributed by atoms with Gasteiger partial charge in [-0.1, -0.05) is 24.3 Å². The number of carbonyl (C=O) groups is 1. The quantitative estimate of drug-likeness (QED) is 0.837. The molecule has 21 heavy (non-hydrogen) atoms.